The molecule has 4 rings (SSSR count). The summed E-state index contributed by atoms with van der Waals surface area (Å²) in [5, 5.41) is 3.09. The number of nitrogens with zero attached hydrogens (tertiary/aromatic N) is 3. The predicted molar refractivity (Wildman–Crippen MR) is 246 cm³/mol. The van der Waals surface area contributed by atoms with Crippen molar-refractivity contribution >= 4 is 44.2 Å². The largest absolute Gasteiger partial charge is 1.00 e. The van der Waals surface area contributed by atoms with Crippen LogP contribution in [0.3, 0.4) is 0 Å². The molecule has 19 nitrogen and oxygen atoms in total. The Morgan fingerprint density at radius 3 is 1.42 bits per heavy atom. The first-order chi connectivity index (χ1) is 31.9. The van der Waals surface area contributed by atoms with Crippen LogP contribution in [0.5, 0.6) is 0 Å². The number of aldehydes is 1. The fourth-order valence-electron chi connectivity index (χ4n) is 6.18. The van der Waals surface area contributed by atoms with E-state index in [0.29, 0.717) is 42.8 Å². The number of methoxy groups -OCH3 is 2. The van der Waals surface area contributed by atoms with Crippen LogP contribution in [0.1, 0.15) is 109 Å². The SMILES string of the molecule is CC(=O)OOC(C)=O.CCOC(=O)C(CC(C)C)n1cc(CC=O)c(C)c(F)c1=O.CCOC(=O)C(CC(C)C)n1cc(CCN2CC(OC)C2)c(C)c(F)c1=O.COC1CNC1.[B-]OC(C)=O.[Na+]. The molecule has 0 amide bonds. The molecule has 2 aromatic heterocycles. The molecular weight excluding hydrogens is 920 g/mol. The van der Waals surface area contributed by atoms with Crippen LogP contribution in [0.25, 0.3) is 0 Å². The first-order valence-corrected chi connectivity index (χ1v) is 22.2. The number of ether oxygens (including phenoxy) is 4. The minimum absolute atomic E-state index is 0. The van der Waals surface area contributed by atoms with Crippen LogP contribution >= 0.6 is 0 Å². The van der Waals surface area contributed by atoms with Crippen LogP contribution in [0.4, 0.5) is 8.78 Å². The number of nitrogens with one attached hydrogen (secondary N) is 1. The first-order valence-electron chi connectivity index (χ1n) is 22.2. The summed E-state index contributed by atoms with van der Waals surface area (Å²) in [4.78, 5) is 98.9. The van der Waals surface area contributed by atoms with Gasteiger partial charge in [-0.3, -0.25) is 28.4 Å². The number of likely N-dealkylation sites (tertiary alicyclic amines) is 1. The van der Waals surface area contributed by atoms with E-state index in [1.165, 1.54) is 24.6 Å². The van der Waals surface area contributed by atoms with Gasteiger partial charge in [0.15, 0.2) is 11.6 Å². The number of hydrogen-bond donors (Lipinski definition) is 1. The standard InChI is InChI=1S/C20H31FN2O4.C16H22FNO4.C4H9NO.C4H6O4.C2H3BO2.Na/c1-6-27-20(25)17(9-13(2)3)23-10-15(14(4)18(21)19(23)24)7-8-22-11-16(12-22)26-5;1-5-22-16(21)13(8-10(2)3)18-9-12(6-7-19)11(4)14(17)15(18)20;1-6-4-2-5-3-4;1-3(5)7-8-4(2)6;1-2(4)5-3;/h10,13,16-17H,6-9,11-12H2,1-5H3;7,9-10,13H,5-6,8H2,1-4H3;4-5H,2-3H2,1H3;1-2H3;1H3;/q;;;;-1;+1. The van der Waals surface area contributed by atoms with Crippen molar-refractivity contribution in [3.63, 3.8) is 0 Å². The number of aromatic nitrogens is 2. The summed E-state index contributed by atoms with van der Waals surface area (Å²) >= 11 is 0. The molecule has 0 spiro atoms. The Hall–Kier alpha value is -4.32. The first kappa shape index (κ1) is 66.8. The summed E-state index contributed by atoms with van der Waals surface area (Å²) in [6.45, 7) is 22.6. The summed E-state index contributed by atoms with van der Waals surface area (Å²) in [6, 6.07) is -1.71. The van der Waals surface area contributed by atoms with Gasteiger partial charge in [0.1, 0.15) is 18.4 Å². The van der Waals surface area contributed by atoms with Gasteiger partial charge >= 0.3 is 53.4 Å². The second-order valence-corrected chi connectivity index (χ2v) is 16.4. The van der Waals surface area contributed by atoms with Gasteiger partial charge in [-0.1, -0.05) is 27.7 Å². The minimum atomic E-state index is -0.933. The van der Waals surface area contributed by atoms with E-state index >= 15 is 0 Å². The number of pyridine rings is 2. The molecule has 2 unspecified atom stereocenters. The summed E-state index contributed by atoms with van der Waals surface area (Å²) < 4.78 is 54.9. The van der Waals surface area contributed by atoms with Crippen LogP contribution in [0.15, 0.2) is 22.0 Å². The Kier molecular flexibility index (Phi) is 34.6. The Morgan fingerprint density at radius 1 is 0.739 bits per heavy atom. The average Bonchev–Trinajstić information content (AvgIpc) is 3.24. The quantitative estimate of drug-likeness (QED) is 0.0760. The van der Waals surface area contributed by atoms with E-state index in [9.17, 15) is 47.1 Å². The van der Waals surface area contributed by atoms with Gasteiger partial charge in [0.25, 0.3) is 11.1 Å². The molecule has 383 valence electrons. The Morgan fingerprint density at radius 2 is 1.13 bits per heavy atom. The van der Waals surface area contributed by atoms with Crippen LogP contribution in [-0.4, -0.2) is 131 Å². The van der Waals surface area contributed by atoms with E-state index in [0.717, 1.165) is 56.7 Å². The molecule has 0 aromatic carbocycles. The molecule has 0 saturated carbocycles. The summed E-state index contributed by atoms with van der Waals surface area (Å²) in [6.07, 6.45) is 5.79. The van der Waals surface area contributed by atoms with Crippen LogP contribution < -0.4 is 46.0 Å². The zero-order valence-electron chi connectivity index (χ0n) is 42.8. The molecule has 2 aliphatic heterocycles. The molecule has 2 saturated heterocycles. The molecule has 2 aliphatic rings. The number of esters is 2. The van der Waals surface area contributed by atoms with Gasteiger partial charge in [0, 0.05) is 86.5 Å². The monoisotopic (exact) mass is 991 g/mol. The van der Waals surface area contributed by atoms with Gasteiger partial charge in [-0.2, -0.15) is 0 Å². The van der Waals surface area contributed by atoms with Crippen molar-refractivity contribution in [1.29, 1.82) is 0 Å². The van der Waals surface area contributed by atoms with Crippen molar-refractivity contribution in [1.82, 2.24) is 19.4 Å². The van der Waals surface area contributed by atoms with Crippen LogP contribution in [0.2, 0.25) is 0 Å². The number of hydrogen-bond acceptors (Lipinski definition) is 17. The molecule has 0 aliphatic carbocycles. The Balaban J connectivity index is 0. The third kappa shape index (κ3) is 24.9. The molecule has 2 fully saturated rings. The van der Waals surface area contributed by atoms with E-state index in [2.05, 4.69) is 32.7 Å². The van der Waals surface area contributed by atoms with Gasteiger partial charge in [-0.25, -0.2) is 37.7 Å². The predicted octanol–water partition coefficient (Wildman–Crippen LogP) is 0.776. The van der Waals surface area contributed by atoms with E-state index in [1.807, 2.05) is 27.7 Å². The summed E-state index contributed by atoms with van der Waals surface area (Å²) in [7, 11) is 7.76. The van der Waals surface area contributed by atoms with Crippen LogP contribution in [-0.2, 0) is 75.0 Å². The van der Waals surface area contributed by atoms with Crippen molar-refractivity contribution in [2.75, 3.05) is 60.2 Å². The summed E-state index contributed by atoms with van der Waals surface area (Å²) in [5.74, 6) is -4.26. The molecule has 1 N–H and O–H groups in total. The summed E-state index contributed by atoms with van der Waals surface area (Å²) in [5.41, 5.74) is -0.00638. The maximum Gasteiger partial charge on any atom is 1.00 e. The van der Waals surface area contributed by atoms with E-state index in [4.69, 9.17) is 18.9 Å². The topological polar surface area (TPSA) is 226 Å². The van der Waals surface area contributed by atoms with Crippen molar-refractivity contribution < 1.29 is 100 Å². The number of rotatable bonds is 17. The Labute approximate surface area is 427 Å². The molecular formula is C46H71BF2N4NaO15. The average molecular weight is 992 g/mol. The van der Waals surface area contributed by atoms with E-state index < -0.39 is 64.7 Å². The number of halogens is 2. The zero-order chi connectivity index (χ0) is 52.3. The van der Waals surface area contributed by atoms with Crippen molar-refractivity contribution in [3.8, 4) is 0 Å². The van der Waals surface area contributed by atoms with E-state index in [-0.39, 0.29) is 72.7 Å². The zero-order valence-corrected chi connectivity index (χ0v) is 44.8. The molecule has 3 radical (unpaired) electrons. The molecule has 2 aromatic rings. The van der Waals surface area contributed by atoms with Gasteiger partial charge in [-0.15, -0.1) is 0 Å². The smallest absolute Gasteiger partial charge is 0.793 e. The van der Waals surface area contributed by atoms with Gasteiger partial charge in [0.05, 0.1) is 25.4 Å². The maximum atomic E-state index is 14.6. The third-order valence-electron chi connectivity index (χ3n) is 10.0. The van der Waals surface area contributed by atoms with Crippen molar-refractivity contribution in [2.45, 2.75) is 126 Å². The van der Waals surface area contributed by atoms with Gasteiger partial charge in [0.2, 0.25) is 5.97 Å². The molecule has 0 bridgehead atoms. The fraction of sp³-hybridized carbons (Fsp3) is 0.652. The third-order valence-corrected chi connectivity index (χ3v) is 10.0. The normalized spacial score (nSPS) is 13.8. The van der Waals surface area contributed by atoms with Crippen molar-refractivity contribution in [2.24, 2.45) is 11.8 Å². The fourth-order valence-corrected chi connectivity index (χ4v) is 6.18. The number of carbonyl (C=O) groups is 6. The number of carbonyl (C=O) groups excluding carboxylic acids is 6. The van der Waals surface area contributed by atoms with Gasteiger partial charge < -0.3 is 41.8 Å². The second-order valence-electron chi connectivity index (χ2n) is 16.4. The minimum Gasteiger partial charge on any atom is -0.793 e. The molecule has 2 atom stereocenters. The molecule has 4 heterocycles. The van der Waals surface area contributed by atoms with Crippen molar-refractivity contribution in [3.05, 3.63) is 67.0 Å². The Bertz CT molecular complexity index is 2030. The molecule has 69 heavy (non-hydrogen) atoms. The van der Waals surface area contributed by atoms with Gasteiger partial charge in [-0.05, 0) is 81.0 Å². The molecule has 23 heteroatoms. The maximum absolute atomic E-state index is 14.6. The second kappa shape index (κ2) is 35.7. The van der Waals surface area contributed by atoms with E-state index in [1.54, 1.807) is 41.2 Å². The van der Waals surface area contributed by atoms with Crippen LogP contribution in [0, 0.1) is 37.3 Å².